The average molecular weight is 415 g/mol. The number of amides is 1. The Kier molecular flexibility index (Phi) is 6.15. The highest BCUT2D eigenvalue weighted by molar-refractivity contribution is 5.77. The molecule has 1 aromatic carbocycles. The second-order valence-electron chi connectivity index (χ2n) is 7.34. The van der Waals surface area contributed by atoms with E-state index in [0.29, 0.717) is 55.8 Å². The van der Waals surface area contributed by atoms with E-state index in [-0.39, 0.29) is 31.0 Å². The van der Waals surface area contributed by atoms with E-state index >= 15 is 0 Å². The summed E-state index contributed by atoms with van der Waals surface area (Å²) in [6.07, 6.45) is 2.69. The van der Waals surface area contributed by atoms with Crippen molar-refractivity contribution in [3.8, 4) is 22.9 Å². The standard InChI is InChI=1S/C21H25N3O6/c1-2-27-19(26)5-3-4-18(25)24-10-8-14(9-11-24)21-22-20(23-30-21)15-6-7-16-17(12-15)29-13-28-16/h6-7,12,14H,2-5,8-11,13H2,1H3. The molecule has 1 fully saturated rings. The van der Waals surface area contributed by atoms with Gasteiger partial charge in [-0.25, -0.2) is 0 Å². The van der Waals surface area contributed by atoms with Crippen LogP contribution < -0.4 is 9.47 Å². The van der Waals surface area contributed by atoms with Gasteiger partial charge in [0.05, 0.1) is 6.61 Å². The van der Waals surface area contributed by atoms with E-state index in [9.17, 15) is 9.59 Å². The summed E-state index contributed by atoms with van der Waals surface area (Å²) in [5.41, 5.74) is 0.809. The van der Waals surface area contributed by atoms with Crippen molar-refractivity contribution in [2.75, 3.05) is 26.5 Å². The Labute approximate surface area is 174 Å². The van der Waals surface area contributed by atoms with Gasteiger partial charge in [-0.05, 0) is 44.4 Å². The van der Waals surface area contributed by atoms with Gasteiger partial charge in [0.2, 0.25) is 24.4 Å². The Bertz CT molecular complexity index is 904. The smallest absolute Gasteiger partial charge is 0.305 e. The molecule has 0 radical (unpaired) electrons. The van der Waals surface area contributed by atoms with Gasteiger partial charge in [0.1, 0.15) is 0 Å². The molecular weight excluding hydrogens is 390 g/mol. The van der Waals surface area contributed by atoms with Gasteiger partial charge in [-0.1, -0.05) is 5.16 Å². The highest BCUT2D eigenvalue weighted by Gasteiger charge is 2.28. The molecule has 0 spiro atoms. The van der Waals surface area contributed by atoms with Crippen LogP contribution in [0.1, 0.15) is 50.8 Å². The summed E-state index contributed by atoms with van der Waals surface area (Å²) in [5.74, 6) is 2.44. The number of benzene rings is 1. The molecule has 1 saturated heterocycles. The third-order valence-corrected chi connectivity index (χ3v) is 5.35. The molecular formula is C21H25N3O6. The van der Waals surface area contributed by atoms with Crippen LogP contribution in [0.3, 0.4) is 0 Å². The van der Waals surface area contributed by atoms with Crippen molar-refractivity contribution < 1.29 is 28.3 Å². The molecule has 160 valence electrons. The normalized spacial score (nSPS) is 16.0. The molecule has 0 unspecified atom stereocenters. The van der Waals surface area contributed by atoms with E-state index in [1.165, 1.54) is 0 Å². The van der Waals surface area contributed by atoms with Gasteiger partial charge < -0.3 is 23.6 Å². The first-order valence-electron chi connectivity index (χ1n) is 10.3. The van der Waals surface area contributed by atoms with Gasteiger partial charge in [0, 0.05) is 37.4 Å². The molecule has 9 heteroatoms. The van der Waals surface area contributed by atoms with Crippen molar-refractivity contribution in [3.63, 3.8) is 0 Å². The van der Waals surface area contributed by atoms with Gasteiger partial charge in [-0.3, -0.25) is 9.59 Å². The van der Waals surface area contributed by atoms with Crippen molar-refractivity contribution in [1.29, 1.82) is 0 Å². The van der Waals surface area contributed by atoms with Crippen LogP contribution in [0.15, 0.2) is 22.7 Å². The van der Waals surface area contributed by atoms with E-state index in [4.69, 9.17) is 18.7 Å². The second kappa shape index (κ2) is 9.15. The van der Waals surface area contributed by atoms with Gasteiger partial charge in [-0.15, -0.1) is 0 Å². The van der Waals surface area contributed by atoms with E-state index in [0.717, 1.165) is 18.4 Å². The summed E-state index contributed by atoms with van der Waals surface area (Å²) in [4.78, 5) is 30.1. The maximum absolute atomic E-state index is 12.4. The number of hydrogen-bond acceptors (Lipinski definition) is 8. The van der Waals surface area contributed by atoms with Crippen LogP contribution in [-0.2, 0) is 14.3 Å². The van der Waals surface area contributed by atoms with Gasteiger partial charge in [0.15, 0.2) is 11.5 Å². The first-order chi connectivity index (χ1) is 14.6. The van der Waals surface area contributed by atoms with Crippen LogP contribution in [0.5, 0.6) is 11.5 Å². The minimum absolute atomic E-state index is 0.0735. The zero-order valence-electron chi connectivity index (χ0n) is 17.0. The third-order valence-electron chi connectivity index (χ3n) is 5.35. The molecule has 2 aliphatic rings. The molecule has 9 nitrogen and oxygen atoms in total. The van der Waals surface area contributed by atoms with E-state index in [1.807, 2.05) is 23.1 Å². The lowest BCUT2D eigenvalue weighted by Crippen LogP contribution is -2.37. The van der Waals surface area contributed by atoms with E-state index in [2.05, 4.69) is 10.1 Å². The fourth-order valence-corrected chi connectivity index (χ4v) is 3.70. The highest BCUT2D eigenvalue weighted by atomic mass is 16.7. The summed E-state index contributed by atoms with van der Waals surface area (Å²) >= 11 is 0. The zero-order chi connectivity index (χ0) is 20.9. The number of carbonyl (C=O) groups excluding carboxylic acids is 2. The molecule has 2 aliphatic heterocycles. The number of hydrogen-bond donors (Lipinski definition) is 0. The van der Waals surface area contributed by atoms with Gasteiger partial charge in [-0.2, -0.15) is 4.98 Å². The van der Waals surface area contributed by atoms with Crippen LogP contribution in [0.2, 0.25) is 0 Å². The molecule has 0 bridgehead atoms. The van der Waals surface area contributed by atoms with Crippen molar-refractivity contribution in [1.82, 2.24) is 15.0 Å². The van der Waals surface area contributed by atoms with Crippen molar-refractivity contribution in [2.24, 2.45) is 0 Å². The minimum atomic E-state index is -0.251. The van der Waals surface area contributed by atoms with Gasteiger partial charge >= 0.3 is 5.97 Å². The summed E-state index contributed by atoms with van der Waals surface area (Å²) in [7, 11) is 0. The van der Waals surface area contributed by atoms with Crippen LogP contribution >= 0.6 is 0 Å². The second-order valence-corrected chi connectivity index (χ2v) is 7.34. The lowest BCUT2D eigenvalue weighted by atomic mass is 9.96. The van der Waals surface area contributed by atoms with Crippen LogP contribution in [0, 0.1) is 0 Å². The molecule has 0 N–H and O–H groups in total. The average Bonchev–Trinajstić information content (AvgIpc) is 3.43. The minimum Gasteiger partial charge on any atom is -0.466 e. The molecule has 3 heterocycles. The largest absolute Gasteiger partial charge is 0.466 e. The number of fused-ring (bicyclic) bond motifs is 1. The monoisotopic (exact) mass is 415 g/mol. The predicted octanol–water partition coefficient (Wildman–Crippen LogP) is 2.90. The molecule has 0 atom stereocenters. The van der Waals surface area contributed by atoms with Crippen molar-refractivity contribution in [3.05, 3.63) is 24.1 Å². The molecule has 1 aromatic heterocycles. The number of rotatable bonds is 7. The number of piperidine rings is 1. The number of esters is 1. The number of aromatic nitrogens is 2. The van der Waals surface area contributed by atoms with E-state index < -0.39 is 0 Å². The van der Waals surface area contributed by atoms with Crippen molar-refractivity contribution >= 4 is 11.9 Å². The van der Waals surface area contributed by atoms with Crippen molar-refractivity contribution in [2.45, 2.75) is 44.9 Å². The molecule has 30 heavy (non-hydrogen) atoms. The maximum Gasteiger partial charge on any atom is 0.305 e. The SMILES string of the molecule is CCOC(=O)CCCC(=O)N1CCC(c2nc(-c3ccc4c(c3)OCO4)no2)CC1. The Morgan fingerprint density at radius 3 is 2.77 bits per heavy atom. The van der Waals surface area contributed by atoms with Gasteiger partial charge in [0.25, 0.3) is 0 Å². The Morgan fingerprint density at radius 2 is 1.97 bits per heavy atom. The Balaban J connectivity index is 1.27. The van der Waals surface area contributed by atoms with Crippen LogP contribution in [-0.4, -0.2) is 53.4 Å². The number of nitrogens with zero attached hydrogens (tertiary/aromatic N) is 3. The first kappa shape index (κ1) is 20.2. The molecule has 0 saturated carbocycles. The lowest BCUT2D eigenvalue weighted by Gasteiger charge is -2.30. The maximum atomic E-state index is 12.4. The predicted molar refractivity (Wildman–Crippen MR) is 105 cm³/mol. The lowest BCUT2D eigenvalue weighted by molar-refractivity contribution is -0.143. The Hall–Kier alpha value is -3.10. The Morgan fingerprint density at radius 1 is 1.17 bits per heavy atom. The summed E-state index contributed by atoms with van der Waals surface area (Å²) in [5, 5.41) is 4.11. The number of ether oxygens (including phenoxy) is 3. The fourth-order valence-electron chi connectivity index (χ4n) is 3.70. The van der Waals surface area contributed by atoms with E-state index in [1.54, 1.807) is 6.92 Å². The zero-order valence-corrected chi connectivity index (χ0v) is 17.0. The first-order valence-corrected chi connectivity index (χ1v) is 10.3. The highest BCUT2D eigenvalue weighted by Crippen LogP contribution is 2.36. The number of carbonyl (C=O) groups is 2. The molecule has 0 aliphatic carbocycles. The molecule has 4 rings (SSSR count). The van der Waals surface area contributed by atoms with Crippen LogP contribution in [0.25, 0.3) is 11.4 Å². The quantitative estimate of drug-likeness (QED) is 0.636. The summed E-state index contributed by atoms with van der Waals surface area (Å²) in [6.45, 7) is 3.65. The molecule has 1 amide bonds. The fraction of sp³-hybridized carbons (Fsp3) is 0.524. The summed E-state index contributed by atoms with van der Waals surface area (Å²) in [6, 6.07) is 5.55. The summed E-state index contributed by atoms with van der Waals surface area (Å²) < 4.78 is 21.1. The third kappa shape index (κ3) is 4.55. The number of likely N-dealkylation sites (tertiary alicyclic amines) is 1. The molecule has 2 aromatic rings. The van der Waals surface area contributed by atoms with Crippen LogP contribution in [0.4, 0.5) is 0 Å². The topological polar surface area (TPSA) is 104 Å².